The Hall–Kier alpha value is -1.51. The van der Waals surface area contributed by atoms with Crippen LogP contribution in [0.5, 0.6) is 11.5 Å². The first-order valence-electron chi connectivity index (χ1n) is 7.84. The number of halogens is 1. The molecule has 7 nitrogen and oxygen atoms in total. The van der Waals surface area contributed by atoms with Crippen LogP contribution < -0.4 is 20.1 Å². The zero-order chi connectivity index (χ0) is 17.2. The van der Waals surface area contributed by atoms with Crippen molar-refractivity contribution >= 4 is 21.9 Å². The van der Waals surface area contributed by atoms with Crippen LogP contribution in [0.2, 0.25) is 0 Å². The van der Waals surface area contributed by atoms with E-state index in [0.29, 0.717) is 26.4 Å². The van der Waals surface area contributed by atoms with Gasteiger partial charge in [0.05, 0.1) is 17.7 Å². The smallest absolute Gasteiger partial charge is 0.231 e. The van der Waals surface area contributed by atoms with Crippen molar-refractivity contribution in [2.75, 3.05) is 47.3 Å². The Bertz CT molecular complexity index is 554. The van der Waals surface area contributed by atoms with Gasteiger partial charge in [0.1, 0.15) is 0 Å². The van der Waals surface area contributed by atoms with Gasteiger partial charge in [-0.25, -0.2) is 0 Å². The summed E-state index contributed by atoms with van der Waals surface area (Å²) in [6.07, 6.45) is 0.903. The van der Waals surface area contributed by atoms with Gasteiger partial charge in [0.15, 0.2) is 17.5 Å². The van der Waals surface area contributed by atoms with Gasteiger partial charge in [0, 0.05) is 33.9 Å². The third kappa shape index (κ3) is 5.85. The molecule has 0 spiro atoms. The molecule has 2 rings (SSSR count). The predicted molar refractivity (Wildman–Crippen MR) is 95.8 cm³/mol. The molecule has 1 aliphatic heterocycles. The summed E-state index contributed by atoms with van der Waals surface area (Å²) in [6, 6.07) is 3.98. The maximum Gasteiger partial charge on any atom is 0.231 e. The van der Waals surface area contributed by atoms with Crippen LogP contribution in [0.15, 0.2) is 21.6 Å². The van der Waals surface area contributed by atoms with Gasteiger partial charge in [-0.3, -0.25) is 4.99 Å². The van der Waals surface area contributed by atoms with Crippen molar-refractivity contribution < 1.29 is 18.9 Å². The zero-order valence-electron chi connectivity index (χ0n) is 14.1. The monoisotopic (exact) mass is 401 g/mol. The highest BCUT2D eigenvalue weighted by molar-refractivity contribution is 9.10. The first-order valence-corrected chi connectivity index (χ1v) is 8.63. The van der Waals surface area contributed by atoms with E-state index in [9.17, 15) is 0 Å². The molecule has 8 heteroatoms. The largest absolute Gasteiger partial charge is 0.454 e. The van der Waals surface area contributed by atoms with E-state index in [1.54, 1.807) is 14.2 Å². The lowest BCUT2D eigenvalue weighted by Gasteiger charge is -2.12. The van der Waals surface area contributed by atoms with Gasteiger partial charge in [-0.2, -0.15) is 0 Å². The van der Waals surface area contributed by atoms with Crippen LogP contribution in [0, 0.1) is 0 Å². The first-order chi connectivity index (χ1) is 11.7. The van der Waals surface area contributed by atoms with Gasteiger partial charge < -0.3 is 29.6 Å². The third-order valence-electron chi connectivity index (χ3n) is 3.36. The molecule has 0 radical (unpaired) electrons. The van der Waals surface area contributed by atoms with Crippen LogP contribution >= 0.6 is 15.9 Å². The predicted octanol–water partition coefficient (Wildman–Crippen LogP) is 1.90. The highest BCUT2D eigenvalue weighted by atomic mass is 79.9. The summed E-state index contributed by atoms with van der Waals surface area (Å²) in [5, 5.41) is 6.53. The number of ether oxygens (including phenoxy) is 4. The minimum absolute atomic E-state index is 0.264. The van der Waals surface area contributed by atoms with Crippen molar-refractivity contribution in [3.8, 4) is 11.5 Å². The SMILES string of the molecule is CN=C(NCCCOCCOC)NCc1cc(Br)c2c(c1)OCO2. The van der Waals surface area contributed by atoms with E-state index < -0.39 is 0 Å². The Morgan fingerprint density at radius 1 is 1.25 bits per heavy atom. The lowest BCUT2D eigenvalue weighted by atomic mass is 10.2. The average molecular weight is 402 g/mol. The lowest BCUT2D eigenvalue weighted by Crippen LogP contribution is -2.37. The fraction of sp³-hybridized carbons (Fsp3) is 0.562. The molecule has 0 fully saturated rings. The minimum atomic E-state index is 0.264. The number of aliphatic imine (C=N–C) groups is 1. The van der Waals surface area contributed by atoms with Crippen molar-refractivity contribution in [2.45, 2.75) is 13.0 Å². The van der Waals surface area contributed by atoms with E-state index in [-0.39, 0.29) is 6.79 Å². The summed E-state index contributed by atoms with van der Waals surface area (Å²) in [5.41, 5.74) is 1.08. The molecule has 0 unspecified atom stereocenters. The number of nitrogens with zero attached hydrogens (tertiary/aromatic N) is 1. The molecular weight excluding hydrogens is 378 g/mol. The standard InChI is InChI=1S/C16H24BrN3O4/c1-18-16(19-4-3-5-22-7-6-21-2)20-10-12-8-13(17)15-14(9-12)23-11-24-15/h8-9H,3-7,10-11H2,1-2H3,(H2,18,19,20). The van der Waals surface area contributed by atoms with Crippen LogP contribution in [0.1, 0.15) is 12.0 Å². The van der Waals surface area contributed by atoms with Gasteiger partial charge in [-0.1, -0.05) is 0 Å². The summed E-state index contributed by atoms with van der Waals surface area (Å²) in [4.78, 5) is 4.21. The maximum absolute atomic E-state index is 5.42. The van der Waals surface area contributed by atoms with E-state index in [1.165, 1.54) is 0 Å². The van der Waals surface area contributed by atoms with Crippen LogP contribution in [0.4, 0.5) is 0 Å². The Morgan fingerprint density at radius 2 is 2.12 bits per heavy atom. The Kier molecular flexibility index (Phi) is 8.14. The summed E-state index contributed by atoms with van der Waals surface area (Å²) >= 11 is 3.50. The maximum atomic E-state index is 5.42. The normalized spacial score (nSPS) is 13.2. The number of benzene rings is 1. The second-order valence-electron chi connectivity index (χ2n) is 5.12. The minimum Gasteiger partial charge on any atom is -0.454 e. The molecule has 2 N–H and O–H groups in total. The molecule has 1 aromatic carbocycles. The number of fused-ring (bicyclic) bond motifs is 1. The van der Waals surface area contributed by atoms with Gasteiger partial charge in [-0.05, 0) is 40.0 Å². The van der Waals surface area contributed by atoms with E-state index >= 15 is 0 Å². The number of hydrogen-bond donors (Lipinski definition) is 2. The Labute approximate surface area is 150 Å². The molecule has 1 aromatic rings. The molecule has 1 heterocycles. The van der Waals surface area contributed by atoms with E-state index in [4.69, 9.17) is 18.9 Å². The molecule has 0 amide bonds. The van der Waals surface area contributed by atoms with Crippen LogP contribution in [0.25, 0.3) is 0 Å². The van der Waals surface area contributed by atoms with Gasteiger partial charge in [0.25, 0.3) is 0 Å². The molecule has 0 saturated heterocycles. The topological polar surface area (TPSA) is 73.3 Å². The van der Waals surface area contributed by atoms with Gasteiger partial charge in [-0.15, -0.1) is 0 Å². The summed E-state index contributed by atoms with van der Waals surface area (Å²) in [6.45, 7) is 3.64. The van der Waals surface area contributed by atoms with E-state index in [1.807, 2.05) is 12.1 Å². The second-order valence-corrected chi connectivity index (χ2v) is 5.98. The number of nitrogens with one attached hydrogen (secondary N) is 2. The van der Waals surface area contributed by atoms with Crippen molar-refractivity contribution in [3.63, 3.8) is 0 Å². The number of hydrogen-bond acceptors (Lipinski definition) is 5. The van der Waals surface area contributed by atoms with Crippen LogP contribution in [-0.2, 0) is 16.0 Å². The number of guanidine groups is 1. The lowest BCUT2D eigenvalue weighted by molar-refractivity contribution is 0.0698. The molecule has 0 saturated carbocycles. The Balaban J connectivity index is 1.69. The van der Waals surface area contributed by atoms with Crippen LogP contribution in [0.3, 0.4) is 0 Å². The van der Waals surface area contributed by atoms with Gasteiger partial charge in [0.2, 0.25) is 6.79 Å². The summed E-state index contributed by atoms with van der Waals surface area (Å²) in [7, 11) is 3.42. The van der Waals surface area contributed by atoms with Crippen molar-refractivity contribution in [3.05, 3.63) is 22.2 Å². The van der Waals surface area contributed by atoms with E-state index in [0.717, 1.165) is 40.5 Å². The highest BCUT2D eigenvalue weighted by Gasteiger charge is 2.17. The molecule has 0 bridgehead atoms. The molecule has 1 aliphatic rings. The zero-order valence-corrected chi connectivity index (χ0v) is 15.6. The highest BCUT2D eigenvalue weighted by Crippen LogP contribution is 2.39. The molecule has 24 heavy (non-hydrogen) atoms. The summed E-state index contributed by atoms with van der Waals surface area (Å²) in [5.74, 6) is 2.27. The molecule has 0 aromatic heterocycles. The summed E-state index contributed by atoms with van der Waals surface area (Å²) < 4.78 is 22.0. The molecule has 0 aliphatic carbocycles. The van der Waals surface area contributed by atoms with Crippen molar-refractivity contribution in [1.29, 1.82) is 0 Å². The molecule has 134 valence electrons. The molecule has 0 atom stereocenters. The fourth-order valence-electron chi connectivity index (χ4n) is 2.15. The van der Waals surface area contributed by atoms with Crippen molar-refractivity contribution in [1.82, 2.24) is 10.6 Å². The number of rotatable bonds is 9. The van der Waals surface area contributed by atoms with Crippen molar-refractivity contribution in [2.24, 2.45) is 4.99 Å². The fourth-order valence-corrected chi connectivity index (χ4v) is 2.76. The first kappa shape index (κ1) is 18.8. The quantitative estimate of drug-likeness (QED) is 0.374. The van der Waals surface area contributed by atoms with Gasteiger partial charge >= 0.3 is 0 Å². The second kappa shape index (κ2) is 10.4. The Morgan fingerprint density at radius 3 is 2.92 bits per heavy atom. The van der Waals surface area contributed by atoms with Crippen LogP contribution in [-0.4, -0.2) is 53.3 Å². The average Bonchev–Trinajstić information content (AvgIpc) is 3.06. The molecular formula is C16H24BrN3O4. The van der Waals surface area contributed by atoms with E-state index in [2.05, 4.69) is 31.6 Å². The third-order valence-corrected chi connectivity index (χ3v) is 3.95. The number of methoxy groups -OCH3 is 1.